The van der Waals surface area contributed by atoms with Crippen molar-refractivity contribution in [3.8, 4) is 0 Å². The van der Waals surface area contributed by atoms with E-state index < -0.39 is 42.7 Å². The molecule has 0 aromatic heterocycles. The minimum absolute atomic E-state index is 0.0134. The van der Waals surface area contributed by atoms with Crippen LogP contribution in [0, 0.1) is 5.41 Å². The van der Waals surface area contributed by atoms with E-state index in [1.54, 1.807) is 0 Å². The quantitative estimate of drug-likeness (QED) is 0.281. The molecule has 1 aliphatic rings. The van der Waals surface area contributed by atoms with Crippen molar-refractivity contribution in [3.63, 3.8) is 0 Å². The zero-order valence-electron chi connectivity index (χ0n) is 15.8. The molecule has 0 spiro atoms. The molecular formula is C17H33NO8. The van der Waals surface area contributed by atoms with E-state index in [0.29, 0.717) is 13.2 Å². The molecule has 1 aliphatic heterocycles. The Kier molecular flexibility index (Phi) is 9.94. The number of carbonyl (C=O) groups excluding carboxylic acids is 1. The third kappa shape index (κ3) is 6.73. The van der Waals surface area contributed by atoms with E-state index in [1.165, 1.54) is 0 Å². The third-order valence-corrected chi connectivity index (χ3v) is 4.38. The fourth-order valence-electron chi connectivity index (χ4n) is 2.74. The fraction of sp³-hybridized carbons (Fsp3) is 0.941. The fourth-order valence-corrected chi connectivity index (χ4v) is 2.74. The number of nitrogens with one attached hydrogen (secondary N) is 1. The molecule has 9 nitrogen and oxygen atoms in total. The van der Waals surface area contributed by atoms with E-state index >= 15 is 0 Å². The predicted octanol–water partition coefficient (Wildman–Crippen LogP) is -1.24. The Labute approximate surface area is 154 Å². The SMILES string of the molecule is CCCC(C)(C)C(=O)NCCOCCO[C@H]1O[C@H](CO)[C@@H](O)[C@H](O)[C@@H]1O. The first-order valence-corrected chi connectivity index (χ1v) is 9.02. The average molecular weight is 379 g/mol. The maximum atomic E-state index is 12.0. The van der Waals surface area contributed by atoms with Crippen LogP contribution in [0.5, 0.6) is 0 Å². The van der Waals surface area contributed by atoms with Crippen LogP contribution in [-0.2, 0) is 19.0 Å². The smallest absolute Gasteiger partial charge is 0.225 e. The summed E-state index contributed by atoms with van der Waals surface area (Å²) in [7, 11) is 0. The molecule has 0 aromatic carbocycles. The van der Waals surface area contributed by atoms with Gasteiger partial charge in [0, 0.05) is 12.0 Å². The molecule has 26 heavy (non-hydrogen) atoms. The van der Waals surface area contributed by atoms with Gasteiger partial charge in [0.15, 0.2) is 6.29 Å². The van der Waals surface area contributed by atoms with E-state index in [4.69, 9.17) is 19.3 Å². The maximum absolute atomic E-state index is 12.0. The van der Waals surface area contributed by atoms with Crippen molar-refractivity contribution in [1.82, 2.24) is 5.32 Å². The first-order chi connectivity index (χ1) is 12.2. The largest absolute Gasteiger partial charge is 0.394 e. The lowest BCUT2D eigenvalue weighted by molar-refractivity contribution is -0.302. The molecule has 0 aromatic rings. The van der Waals surface area contributed by atoms with Gasteiger partial charge in [0.1, 0.15) is 24.4 Å². The van der Waals surface area contributed by atoms with Crippen molar-refractivity contribution < 1.29 is 39.4 Å². The van der Waals surface area contributed by atoms with Gasteiger partial charge in [0.2, 0.25) is 5.91 Å². The molecule has 1 amide bonds. The molecule has 1 heterocycles. The number of ether oxygens (including phenoxy) is 3. The maximum Gasteiger partial charge on any atom is 0.225 e. The van der Waals surface area contributed by atoms with Gasteiger partial charge >= 0.3 is 0 Å². The van der Waals surface area contributed by atoms with Crippen molar-refractivity contribution in [2.24, 2.45) is 5.41 Å². The first-order valence-electron chi connectivity index (χ1n) is 9.02. The molecule has 5 atom stereocenters. The van der Waals surface area contributed by atoms with E-state index in [2.05, 4.69) is 5.32 Å². The van der Waals surface area contributed by atoms with Gasteiger partial charge in [-0.2, -0.15) is 0 Å². The van der Waals surface area contributed by atoms with Gasteiger partial charge in [-0.1, -0.05) is 27.2 Å². The molecule has 1 fully saturated rings. The zero-order valence-corrected chi connectivity index (χ0v) is 15.8. The molecule has 9 heteroatoms. The molecule has 5 N–H and O–H groups in total. The Hall–Kier alpha value is -0.810. The second kappa shape index (κ2) is 11.1. The van der Waals surface area contributed by atoms with Gasteiger partial charge in [0.05, 0.1) is 26.4 Å². The predicted molar refractivity (Wildman–Crippen MR) is 92.2 cm³/mol. The summed E-state index contributed by atoms with van der Waals surface area (Å²) in [6.07, 6.45) is -4.71. The highest BCUT2D eigenvalue weighted by Gasteiger charge is 2.43. The minimum Gasteiger partial charge on any atom is -0.394 e. The van der Waals surface area contributed by atoms with Gasteiger partial charge in [0.25, 0.3) is 0 Å². The Balaban J connectivity index is 2.18. The zero-order chi connectivity index (χ0) is 19.7. The van der Waals surface area contributed by atoms with Crippen molar-refractivity contribution in [1.29, 1.82) is 0 Å². The summed E-state index contributed by atoms with van der Waals surface area (Å²) >= 11 is 0. The summed E-state index contributed by atoms with van der Waals surface area (Å²) in [6.45, 7) is 6.31. The van der Waals surface area contributed by atoms with Crippen LogP contribution in [0.25, 0.3) is 0 Å². The molecule has 0 unspecified atom stereocenters. The van der Waals surface area contributed by atoms with E-state index in [0.717, 1.165) is 12.8 Å². The lowest BCUT2D eigenvalue weighted by Gasteiger charge is -2.39. The van der Waals surface area contributed by atoms with E-state index in [1.807, 2.05) is 20.8 Å². The van der Waals surface area contributed by atoms with Crippen LogP contribution >= 0.6 is 0 Å². The number of hydrogen-bond donors (Lipinski definition) is 5. The van der Waals surface area contributed by atoms with Crippen molar-refractivity contribution >= 4 is 5.91 Å². The normalized spacial score (nSPS) is 29.6. The van der Waals surface area contributed by atoms with Crippen LogP contribution in [0.15, 0.2) is 0 Å². The number of hydrogen-bond acceptors (Lipinski definition) is 8. The van der Waals surface area contributed by atoms with Crippen molar-refractivity contribution in [2.75, 3.05) is 33.0 Å². The molecule has 0 aliphatic carbocycles. The van der Waals surface area contributed by atoms with Crippen LogP contribution in [0.2, 0.25) is 0 Å². The Morgan fingerprint density at radius 3 is 2.42 bits per heavy atom. The van der Waals surface area contributed by atoms with E-state index in [-0.39, 0.29) is 19.1 Å². The summed E-state index contributed by atoms with van der Waals surface area (Å²) in [5, 5.41) is 41.1. The van der Waals surface area contributed by atoms with Gasteiger partial charge < -0.3 is 40.0 Å². The summed E-state index contributed by atoms with van der Waals surface area (Å²) in [6, 6.07) is 0. The van der Waals surface area contributed by atoms with Gasteiger partial charge in [-0.15, -0.1) is 0 Å². The standard InChI is InChI=1S/C17H33NO8/c1-4-5-17(2,3)16(23)18-6-7-24-8-9-25-15-14(22)13(21)12(20)11(10-19)26-15/h11-15,19-22H,4-10H2,1-3H3,(H,18,23)/t11-,12-,13+,14+,15+/m1/s1. The number of aliphatic hydroxyl groups excluding tert-OH is 4. The number of carbonyl (C=O) groups is 1. The topological polar surface area (TPSA) is 138 Å². The highest BCUT2D eigenvalue weighted by atomic mass is 16.7. The van der Waals surface area contributed by atoms with Crippen LogP contribution in [0.4, 0.5) is 0 Å². The summed E-state index contributed by atoms with van der Waals surface area (Å²) in [5.41, 5.74) is -0.402. The lowest BCUT2D eigenvalue weighted by Crippen LogP contribution is -2.59. The molecule has 1 rings (SSSR count). The second-order valence-corrected chi connectivity index (χ2v) is 7.07. The summed E-state index contributed by atoms with van der Waals surface area (Å²) < 4.78 is 15.8. The monoisotopic (exact) mass is 379 g/mol. The van der Waals surface area contributed by atoms with Gasteiger partial charge in [-0.25, -0.2) is 0 Å². The third-order valence-electron chi connectivity index (χ3n) is 4.38. The molecular weight excluding hydrogens is 346 g/mol. The number of amides is 1. The highest BCUT2D eigenvalue weighted by molar-refractivity contribution is 5.81. The molecule has 0 saturated carbocycles. The van der Waals surface area contributed by atoms with Crippen LogP contribution in [0.3, 0.4) is 0 Å². The second-order valence-electron chi connectivity index (χ2n) is 7.07. The molecule has 1 saturated heterocycles. The first kappa shape index (κ1) is 23.2. The molecule has 0 radical (unpaired) electrons. The summed E-state index contributed by atoms with van der Waals surface area (Å²) in [4.78, 5) is 12.0. The molecule has 154 valence electrons. The van der Waals surface area contributed by atoms with Gasteiger partial charge in [-0.3, -0.25) is 4.79 Å². The van der Waals surface area contributed by atoms with Crippen LogP contribution in [-0.4, -0.2) is 90.0 Å². The van der Waals surface area contributed by atoms with Crippen LogP contribution in [0.1, 0.15) is 33.6 Å². The Bertz CT molecular complexity index is 418. The number of rotatable bonds is 11. The van der Waals surface area contributed by atoms with Crippen molar-refractivity contribution in [3.05, 3.63) is 0 Å². The Morgan fingerprint density at radius 1 is 1.12 bits per heavy atom. The minimum atomic E-state index is -1.46. The van der Waals surface area contributed by atoms with E-state index in [9.17, 15) is 20.1 Å². The average Bonchev–Trinajstić information content (AvgIpc) is 2.60. The highest BCUT2D eigenvalue weighted by Crippen LogP contribution is 2.22. The molecule has 0 bridgehead atoms. The van der Waals surface area contributed by atoms with Crippen molar-refractivity contribution in [2.45, 2.75) is 64.3 Å². The number of aliphatic hydroxyl groups is 4. The summed E-state index contributed by atoms with van der Waals surface area (Å²) in [5.74, 6) is -0.0134. The van der Waals surface area contributed by atoms with Gasteiger partial charge in [-0.05, 0) is 6.42 Å². The Morgan fingerprint density at radius 2 is 1.81 bits per heavy atom. The lowest BCUT2D eigenvalue weighted by atomic mass is 9.87. The van der Waals surface area contributed by atoms with Crippen LogP contribution < -0.4 is 5.32 Å².